The number of quaternary nitrogens is 1. The summed E-state index contributed by atoms with van der Waals surface area (Å²) in [5.74, 6) is 0. The van der Waals surface area contributed by atoms with Crippen molar-refractivity contribution in [3.63, 3.8) is 0 Å². The molecule has 0 bridgehead atoms. The average molecular weight is 377 g/mol. The summed E-state index contributed by atoms with van der Waals surface area (Å²) in [5.41, 5.74) is 3.59. The molecule has 1 aliphatic rings. The summed E-state index contributed by atoms with van der Waals surface area (Å²) >= 11 is 7.33. The van der Waals surface area contributed by atoms with Gasteiger partial charge in [0.1, 0.15) is 19.1 Å². The number of ether oxygens (including phenoxy) is 1. The highest BCUT2D eigenvalue weighted by molar-refractivity contribution is 7.80. The number of anilines is 1. The molecule has 0 amide bonds. The molecule has 134 valence electrons. The molecule has 4 nitrogen and oxygen atoms in total. The van der Waals surface area contributed by atoms with Gasteiger partial charge in [-0.05, 0) is 60.8 Å². The number of morpholine rings is 1. The molecule has 3 N–H and O–H groups in total. The molecule has 0 radical (unpaired) electrons. The quantitative estimate of drug-likeness (QED) is 0.700. The van der Waals surface area contributed by atoms with Crippen molar-refractivity contribution in [2.45, 2.75) is 19.9 Å². The van der Waals surface area contributed by atoms with E-state index in [-0.39, 0.29) is 0 Å². The van der Waals surface area contributed by atoms with Gasteiger partial charge in [0.25, 0.3) is 0 Å². The molecule has 1 aromatic carbocycles. The van der Waals surface area contributed by atoms with Crippen LogP contribution in [0.25, 0.3) is 0 Å². The second-order valence-electron chi connectivity index (χ2n) is 6.47. The fraction of sp³-hybridized carbons (Fsp3) is 0.421. The Labute approximate surface area is 159 Å². The van der Waals surface area contributed by atoms with Crippen LogP contribution in [0.2, 0.25) is 0 Å². The minimum Gasteiger partial charge on any atom is -0.370 e. The summed E-state index contributed by atoms with van der Waals surface area (Å²) in [5, 5.41) is 9.54. The van der Waals surface area contributed by atoms with Gasteiger partial charge >= 0.3 is 0 Å². The second-order valence-corrected chi connectivity index (χ2v) is 7.86. The Hall–Kier alpha value is -1.47. The zero-order valence-corrected chi connectivity index (χ0v) is 16.4. The van der Waals surface area contributed by atoms with Crippen molar-refractivity contribution in [1.29, 1.82) is 0 Å². The van der Waals surface area contributed by atoms with Gasteiger partial charge in [-0.25, -0.2) is 0 Å². The molecular weight excluding hydrogens is 350 g/mol. The van der Waals surface area contributed by atoms with Crippen LogP contribution in [0.5, 0.6) is 0 Å². The monoisotopic (exact) mass is 376 g/mol. The molecule has 1 fully saturated rings. The molecular formula is C19H26N3OS2+. The zero-order chi connectivity index (χ0) is 17.6. The van der Waals surface area contributed by atoms with Crippen LogP contribution >= 0.6 is 23.6 Å². The van der Waals surface area contributed by atoms with Crippen molar-refractivity contribution in [2.24, 2.45) is 0 Å². The molecule has 0 spiro atoms. The highest BCUT2D eigenvalue weighted by Gasteiger charge is 2.27. The third-order valence-corrected chi connectivity index (χ3v) is 5.98. The van der Waals surface area contributed by atoms with Crippen LogP contribution in [-0.2, 0) is 4.74 Å². The maximum absolute atomic E-state index is 5.52. The molecule has 0 saturated carbocycles. The van der Waals surface area contributed by atoms with E-state index in [0.717, 1.165) is 38.5 Å². The van der Waals surface area contributed by atoms with Crippen LogP contribution in [-0.4, -0.2) is 38.0 Å². The summed E-state index contributed by atoms with van der Waals surface area (Å²) in [6.07, 6.45) is 0. The first-order valence-corrected chi connectivity index (χ1v) is 10.00. The van der Waals surface area contributed by atoms with Crippen molar-refractivity contribution >= 4 is 34.4 Å². The predicted octanol–water partition coefficient (Wildman–Crippen LogP) is 2.31. The number of hydrogen-bond acceptors (Lipinski definition) is 3. The van der Waals surface area contributed by atoms with Crippen LogP contribution in [0, 0.1) is 13.8 Å². The topological polar surface area (TPSA) is 37.7 Å². The summed E-state index contributed by atoms with van der Waals surface area (Å²) in [6, 6.07) is 11.1. The number of nitrogens with one attached hydrogen (secondary N) is 3. The minimum atomic E-state index is 0.406. The molecule has 1 aliphatic heterocycles. The molecule has 2 aromatic rings. The van der Waals surface area contributed by atoms with E-state index in [1.165, 1.54) is 16.0 Å². The fourth-order valence-electron chi connectivity index (χ4n) is 3.11. The fourth-order valence-corrected chi connectivity index (χ4v) is 4.19. The lowest BCUT2D eigenvalue weighted by Crippen LogP contribution is -3.15. The Bertz CT molecular complexity index is 697. The zero-order valence-electron chi connectivity index (χ0n) is 14.8. The molecule has 6 heteroatoms. The first kappa shape index (κ1) is 18.3. The standard InChI is InChI=1S/C19H25N3OS2/c1-14-5-6-16(12-15(14)2)21-19(24)20-13-17(18-4-3-11-25-18)22-7-9-23-10-8-22/h3-6,11-12,17H,7-10,13H2,1-2H3,(H2,20,21,24)/p+1/t17-/m1/s1. The van der Waals surface area contributed by atoms with E-state index >= 15 is 0 Å². The van der Waals surface area contributed by atoms with Gasteiger partial charge in [-0.2, -0.15) is 0 Å². The maximum atomic E-state index is 5.52. The number of thiophene rings is 1. The van der Waals surface area contributed by atoms with Gasteiger partial charge < -0.3 is 20.3 Å². The van der Waals surface area contributed by atoms with E-state index in [9.17, 15) is 0 Å². The first-order valence-electron chi connectivity index (χ1n) is 8.71. The molecule has 3 rings (SSSR count). The second kappa shape index (κ2) is 8.76. The summed E-state index contributed by atoms with van der Waals surface area (Å²) in [6.45, 7) is 8.82. The van der Waals surface area contributed by atoms with Gasteiger partial charge in [0, 0.05) is 5.69 Å². The largest absolute Gasteiger partial charge is 0.370 e. The lowest BCUT2D eigenvalue weighted by atomic mass is 10.1. The lowest BCUT2D eigenvalue weighted by Gasteiger charge is -2.31. The number of thiocarbonyl (C=S) groups is 1. The summed E-state index contributed by atoms with van der Waals surface area (Å²) < 4.78 is 5.52. The smallest absolute Gasteiger partial charge is 0.171 e. The number of rotatable bonds is 5. The van der Waals surface area contributed by atoms with Crippen LogP contribution in [0.3, 0.4) is 0 Å². The van der Waals surface area contributed by atoms with Gasteiger partial charge in [-0.3, -0.25) is 0 Å². The Kier molecular flexibility index (Phi) is 6.42. The van der Waals surface area contributed by atoms with Gasteiger partial charge in [0.15, 0.2) is 5.11 Å². The van der Waals surface area contributed by atoms with E-state index in [2.05, 4.69) is 60.2 Å². The maximum Gasteiger partial charge on any atom is 0.171 e. The van der Waals surface area contributed by atoms with Crippen molar-refractivity contribution in [2.75, 3.05) is 38.2 Å². The highest BCUT2D eigenvalue weighted by atomic mass is 32.1. The highest BCUT2D eigenvalue weighted by Crippen LogP contribution is 2.17. The Morgan fingerprint density at radius 1 is 1.24 bits per heavy atom. The number of benzene rings is 1. The van der Waals surface area contributed by atoms with E-state index in [1.807, 2.05) is 11.3 Å². The Balaban J connectivity index is 1.60. The molecule has 1 aromatic heterocycles. The van der Waals surface area contributed by atoms with E-state index < -0.39 is 0 Å². The molecule has 1 atom stereocenters. The minimum absolute atomic E-state index is 0.406. The van der Waals surface area contributed by atoms with E-state index in [1.54, 1.807) is 4.90 Å². The van der Waals surface area contributed by atoms with Crippen LogP contribution in [0.15, 0.2) is 35.7 Å². The Morgan fingerprint density at radius 3 is 2.72 bits per heavy atom. The molecule has 0 unspecified atom stereocenters. The van der Waals surface area contributed by atoms with Crippen LogP contribution < -0.4 is 15.5 Å². The lowest BCUT2D eigenvalue weighted by molar-refractivity contribution is -0.937. The molecule has 1 saturated heterocycles. The third-order valence-electron chi connectivity index (χ3n) is 4.75. The van der Waals surface area contributed by atoms with Gasteiger partial charge in [0.2, 0.25) is 0 Å². The van der Waals surface area contributed by atoms with Crippen LogP contribution in [0.1, 0.15) is 22.0 Å². The van der Waals surface area contributed by atoms with E-state index in [4.69, 9.17) is 17.0 Å². The normalized spacial score (nSPS) is 16.4. The van der Waals surface area contributed by atoms with Crippen LogP contribution in [0.4, 0.5) is 5.69 Å². The Morgan fingerprint density at radius 2 is 2.04 bits per heavy atom. The van der Waals surface area contributed by atoms with Crippen molar-refractivity contribution in [1.82, 2.24) is 5.32 Å². The van der Waals surface area contributed by atoms with Crippen molar-refractivity contribution in [3.8, 4) is 0 Å². The SMILES string of the molecule is Cc1ccc(NC(=S)NC[C@H](c2cccs2)[NH+]2CCOCC2)cc1C. The van der Waals surface area contributed by atoms with Crippen molar-refractivity contribution in [3.05, 3.63) is 51.7 Å². The van der Waals surface area contributed by atoms with Crippen molar-refractivity contribution < 1.29 is 9.64 Å². The number of aryl methyl sites for hydroxylation is 2. The van der Waals surface area contributed by atoms with Gasteiger partial charge in [0.05, 0.1) is 24.6 Å². The summed E-state index contributed by atoms with van der Waals surface area (Å²) in [4.78, 5) is 2.97. The van der Waals surface area contributed by atoms with Gasteiger partial charge in [-0.15, -0.1) is 11.3 Å². The number of hydrogen-bond donors (Lipinski definition) is 3. The van der Waals surface area contributed by atoms with Gasteiger partial charge in [-0.1, -0.05) is 12.1 Å². The predicted molar refractivity (Wildman–Crippen MR) is 109 cm³/mol. The molecule has 0 aliphatic carbocycles. The molecule has 2 heterocycles. The third kappa shape index (κ3) is 5.01. The van der Waals surface area contributed by atoms with E-state index in [0.29, 0.717) is 11.2 Å². The first-order chi connectivity index (χ1) is 12.1. The average Bonchev–Trinajstić information content (AvgIpc) is 3.14. The summed E-state index contributed by atoms with van der Waals surface area (Å²) in [7, 11) is 0. The molecule has 25 heavy (non-hydrogen) atoms.